The second-order valence-electron chi connectivity index (χ2n) is 3.54. The van der Waals surface area contributed by atoms with Crippen molar-refractivity contribution in [3.8, 4) is 0 Å². The maximum absolute atomic E-state index is 11.8. The highest BCUT2D eigenvalue weighted by molar-refractivity contribution is 9.10. The molecule has 1 N–H and O–H groups in total. The lowest BCUT2D eigenvalue weighted by molar-refractivity contribution is -0.137. The van der Waals surface area contributed by atoms with Gasteiger partial charge in [0.2, 0.25) is 10.0 Å². The molecule has 0 atom stereocenters. The van der Waals surface area contributed by atoms with Gasteiger partial charge in [0, 0.05) is 11.5 Å². The first-order valence-electron chi connectivity index (χ1n) is 4.71. The van der Waals surface area contributed by atoms with E-state index in [1.807, 2.05) is 0 Å². The van der Waals surface area contributed by atoms with E-state index in [4.69, 9.17) is 5.11 Å². The van der Waals surface area contributed by atoms with Crippen LogP contribution in [0.4, 0.5) is 0 Å². The quantitative estimate of drug-likeness (QED) is 0.886. The topological polar surface area (TPSA) is 74.7 Å². The summed E-state index contributed by atoms with van der Waals surface area (Å²) in [6.07, 6.45) is 0. The molecule has 1 aromatic carbocycles. The van der Waals surface area contributed by atoms with E-state index < -0.39 is 22.5 Å². The Bertz CT molecular complexity index is 515. The van der Waals surface area contributed by atoms with E-state index in [2.05, 4.69) is 15.9 Å². The van der Waals surface area contributed by atoms with Gasteiger partial charge in [-0.1, -0.05) is 28.1 Å². The van der Waals surface area contributed by atoms with Gasteiger partial charge in [-0.05, 0) is 17.7 Å². The molecule has 0 radical (unpaired) electrons. The standard InChI is InChI=1S/C10H12BrNO4S/c1-12(6-10(13)14)17(15,16)7-8-3-2-4-9(11)5-8/h2-5H,6-7H2,1H3,(H,13,14). The second kappa shape index (κ2) is 5.61. The molecule has 0 amide bonds. The Morgan fingerprint density at radius 2 is 2.12 bits per heavy atom. The molecule has 0 bridgehead atoms. The summed E-state index contributed by atoms with van der Waals surface area (Å²) in [6.45, 7) is -0.531. The molecule has 1 aromatic rings. The molecule has 94 valence electrons. The van der Waals surface area contributed by atoms with Crippen molar-refractivity contribution in [2.45, 2.75) is 5.75 Å². The molecular formula is C10H12BrNO4S. The Morgan fingerprint density at radius 1 is 1.47 bits per heavy atom. The first kappa shape index (κ1) is 14.1. The summed E-state index contributed by atoms with van der Waals surface area (Å²) in [5.74, 6) is -1.39. The normalized spacial score (nSPS) is 11.7. The van der Waals surface area contributed by atoms with Gasteiger partial charge in [-0.15, -0.1) is 0 Å². The van der Waals surface area contributed by atoms with Gasteiger partial charge < -0.3 is 5.11 Å². The number of benzene rings is 1. The van der Waals surface area contributed by atoms with Crippen LogP contribution in [-0.4, -0.2) is 37.4 Å². The van der Waals surface area contributed by atoms with Crippen molar-refractivity contribution < 1.29 is 18.3 Å². The van der Waals surface area contributed by atoms with Gasteiger partial charge in [-0.3, -0.25) is 4.79 Å². The zero-order valence-electron chi connectivity index (χ0n) is 9.13. The molecule has 0 saturated carbocycles. The molecule has 0 aliphatic carbocycles. The Morgan fingerprint density at radius 3 is 2.65 bits per heavy atom. The maximum atomic E-state index is 11.8. The van der Waals surface area contributed by atoms with Crippen molar-refractivity contribution in [2.24, 2.45) is 0 Å². The Kier molecular flexibility index (Phi) is 4.67. The van der Waals surface area contributed by atoms with Crippen LogP contribution in [-0.2, 0) is 20.6 Å². The number of carboxylic acid groups (broad SMARTS) is 1. The van der Waals surface area contributed by atoms with Gasteiger partial charge >= 0.3 is 5.97 Å². The van der Waals surface area contributed by atoms with Crippen LogP contribution in [0.1, 0.15) is 5.56 Å². The number of nitrogens with zero attached hydrogens (tertiary/aromatic N) is 1. The van der Waals surface area contributed by atoms with Crippen molar-refractivity contribution in [3.63, 3.8) is 0 Å². The second-order valence-corrected chi connectivity index (χ2v) is 6.53. The predicted molar refractivity (Wildman–Crippen MR) is 67.0 cm³/mol. The van der Waals surface area contributed by atoms with Crippen LogP contribution < -0.4 is 0 Å². The molecule has 1 rings (SSSR count). The fourth-order valence-electron chi connectivity index (χ4n) is 1.24. The minimum absolute atomic E-state index is 0.212. The molecule has 0 fully saturated rings. The largest absolute Gasteiger partial charge is 0.480 e. The summed E-state index contributed by atoms with van der Waals surface area (Å²) in [4.78, 5) is 10.4. The van der Waals surface area contributed by atoms with Crippen LogP contribution in [0.25, 0.3) is 0 Å². The lowest BCUT2D eigenvalue weighted by Crippen LogP contribution is -2.32. The summed E-state index contributed by atoms with van der Waals surface area (Å²) in [7, 11) is -2.34. The number of carboxylic acids is 1. The third-order valence-corrected chi connectivity index (χ3v) is 4.34. The molecular weight excluding hydrogens is 310 g/mol. The van der Waals surface area contributed by atoms with E-state index in [9.17, 15) is 13.2 Å². The van der Waals surface area contributed by atoms with Gasteiger partial charge in [0.25, 0.3) is 0 Å². The van der Waals surface area contributed by atoms with Crippen molar-refractivity contribution in [2.75, 3.05) is 13.6 Å². The zero-order valence-corrected chi connectivity index (χ0v) is 11.5. The SMILES string of the molecule is CN(CC(=O)O)S(=O)(=O)Cc1cccc(Br)c1. The Hall–Kier alpha value is -0.920. The van der Waals surface area contributed by atoms with E-state index in [0.717, 1.165) is 8.78 Å². The molecule has 17 heavy (non-hydrogen) atoms. The number of likely N-dealkylation sites (N-methyl/N-ethyl adjacent to an activating group) is 1. The molecule has 5 nitrogen and oxygen atoms in total. The fraction of sp³-hybridized carbons (Fsp3) is 0.300. The zero-order chi connectivity index (χ0) is 13.1. The van der Waals surface area contributed by atoms with E-state index in [1.54, 1.807) is 24.3 Å². The van der Waals surface area contributed by atoms with E-state index in [-0.39, 0.29) is 5.75 Å². The lowest BCUT2D eigenvalue weighted by Gasteiger charge is -2.14. The molecule has 7 heteroatoms. The first-order valence-corrected chi connectivity index (χ1v) is 7.12. The monoisotopic (exact) mass is 321 g/mol. The summed E-state index contributed by atoms with van der Waals surface area (Å²) < 4.78 is 25.2. The summed E-state index contributed by atoms with van der Waals surface area (Å²) >= 11 is 3.24. The highest BCUT2D eigenvalue weighted by Gasteiger charge is 2.20. The third-order valence-electron chi connectivity index (χ3n) is 2.07. The number of carbonyl (C=O) groups is 1. The number of aliphatic carboxylic acids is 1. The predicted octanol–water partition coefficient (Wildman–Crippen LogP) is 1.30. The van der Waals surface area contributed by atoms with Crippen molar-refractivity contribution >= 4 is 31.9 Å². The van der Waals surface area contributed by atoms with Crippen molar-refractivity contribution in [1.82, 2.24) is 4.31 Å². The van der Waals surface area contributed by atoms with Crippen LogP contribution in [0.3, 0.4) is 0 Å². The van der Waals surface area contributed by atoms with Crippen LogP contribution in [0.5, 0.6) is 0 Å². The molecule has 0 aliphatic heterocycles. The average Bonchev–Trinajstić information content (AvgIpc) is 2.15. The minimum atomic E-state index is -3.59. The van der Waals surface area contributed by atoms with Crippen molar-refractivity contribution in [3.05, 3.63) is 34.3 Å². The van der Waals surface area contributed by atoms with Crippen LogP contribution >= 0.6 is 15.9 Å². The number of hydrogen-bond donors (Lipinski definition) is 1. The molecule has 0 heterocycles. The highest BCUT2D eigenvalue weighted by atomic mass is 79.9. The molecule has 0 unspecified atom stereocenters. The van der Waals surface area contributed by atoms with Crippen LogP contribution in [0.15, 0.2) is 28.7 Å². The molecule has 0 aliphatic rings. The van der Waals surface area contributed by atoms with E-state index in [1.165, 1.54) is 7.05 Å². The minimum Gasteiger partial charge on any atom is -0.480 e. The number of sulfonamides is 1. The molecule has 0 spiro atoms. The molecule has 0 aromatic heterocycles. The molecule has 0 saturated heterocycles. The number of hydrogen-bond acceptors (Lipinski definition) is 3. The van der Waals surface area contributed by atoms with Gasteiger partial charge in [0.15, 0.2) is 0 Å². The fourth-order valence-corrected chi connectivity index (χ4v) is 2.81. The van der Waals surface area contributed by atoms with Gasteiger partial charge in [0.1, 0.15) is 6.54 Å². The van der Waals surface area contributed by atoms with Gasteiger partial charge in [0.05, 0.1) is 5.75 Å². The van der Waals surface area contributed by atoms with Crippen molar-refractivity contribution in [1.29, 1.82) is 0 Å². The van der Waals surface area contributed by atoms with Crippen LogP contribution in [0, 0.1) is 0 Å². The number of halogens is 1. The van der Waals surface area contributed by atoms with Gasteiger partial charge in [-0.2, -0.15) is 4.31 Å². The highest BCUT2D eigenvalue weighted by Crippen LogP contribution is 2.15. The summed E-state index contributed by atoms with van der Waals surface area (Å²) in [5, 5.41) is 8.54. The number of rotatable bonds is 5. The Labute approximate surface area is 108 Å². The maximum Gasteiger partial charge on any atom is 0.318 e. The van der Waals surface area contributed by atoms with E-state index >= 15 is 0 Å². The first-order chi connectivity index (χ1) is 7.81. The third kappa shape index (κ3) is 4.45. The lowest BCUT2D eigenvalue weighted by atomic mass is 10.2. The summed E-state index contributed by atoms with van der Waals surface area (Å²) in [6, 6.07) is 6.88. The summed E-state index contributed by atoms with van der Waals surface area (Å²) in [5.41, 5.74) is 0.608. The Balaban J connectivity index is 2.83. The van der Waals surface area contributed by atoms with E-state index in [0.29, 0.717) is 5.56 Å². The van der Waals surface area contributed by atoms with Crippen LogP contribution in [0.2, 0.25) is 0 Å². The van der Waals surface area contributed by atoms with Gasteiger partial charge in [-0.25, -0.2) is 8.42 Å². The average molecular weight is 322 g/mol. The smallest absolute Gasteiger partial charge is 0.318 e.